The van der Waals surface area contributed by atoms with Crippen LogP contribution in [0.15, 0.2) is 0 Å². The molecule has 0 aliphatic heterocycles. The van der Waals surface area contributed by atoms with Crippen LogP contribution in [-0.4, -0.2) is 47.9 Å². The van der Waals surface area contributed by atoms with E-state index in [9.17, 15) is 10.2 Å². The van der Waals surface area contributed by atoms with E-state index >= 15 is 0 Å². The smallest absolute Gasteiger partial charge is 0.0462 e. The number of unbranched alkanes of at least 4 members (excludes halogenated alkanes) is 7. The molecule has 0 heterocycles. The summed E-state index contributed by atoms with van der Waals surface area (Å²) in [4.78, 5) is 0. The zero-order valence-corrected chi connectivity index (χ0v) is 19.2. The molecule has 0 saturated heterocycles. The summed E-state index contributed by atoms with van der Waals surface area (Å²) < 4.78 is 0. The normalized spacial score (nSPS) is 31.7. The standard InChI is InChI=1S/C12H20O2.C10H22.2CH4O/c13-5-7-1-2-10-8-3-9(6-14)11(4-8)12(7)10;1-3-5-7-9-10-8-6-4-2;2*1-2/h7-14H,1-6H2;3-10H2,1-2H3;2*2H,1H3. The molecule has 4 heteroatoms. The maximum Gasteiger partial charge on any atom is 0.0462 e. The van der Waals surface area contributed by atoms with Crippen molar-refractivity contribution in [3.8, 4) is 0 Å². The molecule has 0 radical (unpaired) electrons. The van der Waals surface area contributed by atoms with Crippen molar-refractivity contribution in [1.29, 1.82) is 0 Å². The van der Waals surface area contributed by atoms with Crippen molar-refractivity contribution in [2.75, 3.05) is 27.4 Å². The first-order valence-electron chi connectivity index (χ1n) is 11.9. The average molecular weight is 403 g/mol. The highest BCUT2D eigenvalue weighted by Crippen LogP contribution is 2.62. The minimum atomic E-state index is 0.378. The first-order chi connectivity index (χ1) is 13.8. The molecular weight excluding hydrogens is 352 g/mol. The van der Waals surface area contributed by atoms with Gasteiger partial charge in [0.15, 0.2) is 0 Å². The summed E-state index contributed by atoms with van der Waals surface area (Å²) in [5.41, 5.74) is 0. The molecule has 0 aromatic rings. The molecule has 3 saturated carbocycles. The van der Waals surface area contributed by atoms with Crippen molar-refractivity contribution < 1.29 is 20.4 Å². The summed E-state index contributed by atoms with van der Waals surface area (Å²) in [7, 11) is 2.00. The van der Waals surface area contributed by atoms with Gasteiger partial charge in [-0.25, -0.2) is 0 Å². The topological polar surface area (TPSA) is 80.9 Å². The molecule has 3 rings (SSSR count). The van der Waals surface area contributed by atoms with Crippen molar-refractivity contribution >= 4 is 0 Å². The molecule has 4 N–H and O–H groups in total. The third kappa shape index (κ3) is 8.30. The highest BCUT2D eigenvalue weighted by molar-refractivity contribution is 5.05. The van der Waals surface area contributed by atoms with Crippen molar-refractivity contribution in [2.24, 2.45) is 35.5 Å². The van der Waals surface area contributed by atoms with Crippen LogP contribution in [0, 0.1) is 35.5 Å². The van der Waals surface area contributed by atoms with Crippen molar-refractivity contribution in [1.82, 2.24) is 0 Å². The number of hydrogen-bond donors (Lipinski definition) is 4. The fraction of sp³-hybridized carbons (Fsp3) is 1.00. The Bertz CT molecular complexity index is 329. The molecular formula is C24H50O4. The van der Waals surface area contributed by atoms with Crippen molar-refractivity contribution in [3.63, 3.8) is 0 Å². The van der Waals surface area contributed by atoms with Gasteiger partial charge >= 0.3 is 0 Å². The lowest BCUT2D eigenvalue weighted by Gasteiger charge is -2.33. The Morgan fingerprint density at radius 1 is 0.607 bits per heavy atom. The zero-order valence-electron chi connectivity index (χ0n) is 19.2. The molecule has 4 nitrogen and oxygen atoms in total. The molecule has 3 aliphatic rings. The number of hydrogen-bond acceptors (Lipinski definition) is 4. The van der Waals surface area contributed by atoms with Gasteiger partial charge < -0.3 is 20.4 Å². The summed E-state index contributed by atoms with van der Waals surface area (Å²) in [6.45, 7) is 5.29. The van der Waals surface area contributed by atoms with Gasteiger partial charge in [-0.2, -0.15) is 0 Å². The lowest BCUT2D eigenvalue weighted by Crippen LogP contribution is -2.31. The fourth-order valence-electron chi connectivity index (χ4n) is 6.01. The molecule has 6 unspecified atom stereocenters. The van der Waals surface area contributed by atoms with E-state index in [0.717, 1.165) is 37.9 Å². The van der Waals surface area contributed by atoms with Gasteiger partial charge in [0.2, 0.25) is 0 Å². The summed E-state index contributed by atoms with van der Waals surface area (Å²) in [5.74, 6) is 4.42. The van der Waals surface area contributed by atoms with E-state index in [-0.39, 0.29) is 0 Å². The minimum Gasteiger partial charge on any atom is -0.400 e. The van der Waals surface area contributed by atoms with E-state index in [1.807, 2.05) is 0 Å². The molecule has 28 heavy (non-hydrogen) atoms. The Labute approximate surface area is 174 Å². The first kappa shape index (κ1) is 27.8. The van der Waals surface area contributed by atoms with E-state index < -0.39 is 0 Å². The third-order valence-electron chi connectivity index (χ3n) is 7.22. The summed E-state index contributed by atoms with van der Waals surface area (Å²) in [6, 6.07) is 0. The number of aliphatic hydroxyl groups excluding tert-OH is 4. The van der Waals surface area contributed by atoms with Gasteiger partial charge in [-0.1, -0.05) is 65.2 Å². The van der Waals surface area contributed by atoms with Crippen LogP contribution < -0.4 is 0 Å². The Kier molecular flexibility index (Phi) is 17.6. The SMILES string of the molecule is CCCCCCCCCC.CO.CO.OCC1CC2CC1C1C(CO)CCC21. The van der Waals surface area contributed by atoms with Crippen LogP contribution in [0.3, 0.4) is 0 Å². The van der Waals surface area contributed by atoms with Crippen LogP contribution in [0.1, 0.15) is 90.9 Å². The molecule has 0 spiro atoms. The van der Waals surface area contributed by atoms with Crippen LogP contribution in [0.25, 0.3) is 0 Å². The monoisotopic (exact) mass is 402 g/mol. The highest BCUT2D eigenvalue weighted by atomic mass is 16.3. The second-order valence-electron chi connectivity index (χ2n) is 8.72. The fourth-order valence-corrected chi connectivity index (χ4v) is 6.01. The van der Waals surface area contributed by atoms with Crippen LogP contribution in [0.2, 0.25) is 0 Å². The Hall–Kier alpha value is -0.160. The van der Waals surface area contributed by atoms with Gasteiger partial charge in [0.1, 0.15) is 0 Å². The lowest BCUT2D eigenvalue weighted by atomic mass is 9.73. The lowest BCUT2D eigenvalue weighted by molar-refractivity contribution is 0.0794. The third-order valence-corrected chi connectivity index (χ3v) is 7.22. The highest BCUT2D eigenvalue weighted by Gasteiger charge is 2.56. The number of fused-ring (bicyclic) bond motifs is 5. The predicted octanol–water partition coefficient (Wildman–Crippen LogP) is 4.63. The summed E-state index contributed by atoms with van der Waals surface area (Å²) >= 11 is 0. The van der Waals surface area contributed by atoms with E-state index in [4.69, 9.17) is 10.2 Å². The van der Waals surface area contributed by atoms with Crippen molar-refractivity contribution in [3.05, 3.63) is 0 Å². The van der Waals surface area contributed by atoms with E-state index in [2.05, 4.69) is 13.8 Å². The molecule has 6 atom stereocenters. The van der Waals surface area contributed by atoms with Gasteiger partial charge in [-0.3, -0.25) is 0 Å². The molecule has 3 aliphatic carbocycles. The quantitative estimate of drug-likeness (QED) is 0.424. The maximum absolute atomic E-state index is 9.34. The summed E-state index contributed by atoms with van der Waals surface area (Å²) in [5, 5.41) is 32.6. The molecule has 0 aromatic heterocycles. The Balaban J connectivity index is 0.000000464. The maximum atomic E-state index is 9.34. The van der Waals surface area contributed by atoms with Crippen LogP contribution in [0.5, 0.6) is 0 Å². The van der Waals surface area contributed by atoms with Gasteiger partial charge in [0.25, 0.3) is 0 Å². The largest absolute Gasteiger partial charge is 0.400 e. The molecule has 0 aromatic carbocycles. The minimum absolute atomic E-state index is 0.378. The van der Waals surface area contributed by atoms with Gasteiger partial charge in [0, 0.05) is 27.4 Å². The predicted molar refractivity (Wildman–Crippen MR) is 118 cm³/mol. The second kappa shape index (κ2) is 17.7. The Morgan fingerprint density at radius 3 is 1.57 bits per heavy atom. The average Bonchev–Trinajstić information content (AvgIpc) is 3.46. The molecule has 170 valence electrons. The van der Waals surface area contributed by atoms with E-state index in [1.54, 1.807) is 0 Å². The number of rotatable bonds is 9. The molecule has 2 bridgehead atoms. The van der Waals surface area contributed by atoms with Gasteiger partial charge in [-0.05, 0) is 61.2 Å². The zero-order chi connectivity index (χ0) is 21.4. The van der Waals surface area contributed by atoms with E-state index in [0.29, 0.717) is 25.0 Å². The summed E-state index contributed by atoms with van der Waals surface area (Å²) in [6.07, 6.45) is 16.6. The van der Waals surface area contributed by atoms with Gasteiger partial charge in [0.05, 0.1) is 0 Å². The van der Waals surface area contributed by atoms with Crippen LogP contribution in [-0.2, 0) is 0 Å². The molecule has 3 fully saturated rings. The first-order valence-corrected chi connectivity index (χ1v) is 11.9. The van der Waals surface area contributed by atoms with Crippen molar-refractivity contribution in [2.45, 2.75) is 90.9 Å². The Morgan fingerprint density at radius 2 is 1.11 bits per heavy atom. The van der Waals surface area contributed by atoms with Crippen LogP contribution >= 0.6 is 0 Å². The van der Waals surface area contributed by atoms with Crippen LogP contribution in [0.4, 0.5) is 0 Å². The molecule has 0 amide bonds. The van der Waals surface area contributed by atoms with Gasteiger partial charge in [-0.15, -0.1) is 0 Å². The van der Waals surface area contributed by atoms with E-state index in [1.165, 1.54) is 77.0 Å². The second-order valence-corrected chi connectivity index (χ2v) is 8.72. The number of aliphatic hydroxyl groups is 4.